The van der Waals surface area contributed by atoms with Gasteiger partial charge in [-0.15, -0.1) is 6.58 Å². The molecule has 0 radical (unpaired) electrons. The average Bonchev–Trinajstić information content (AvgIpc) is 3.16. The van der Waals surface area contributed by atoms with Gasteiger partial charge in [0.25, 0.3) is 11.8 Å². The van der Waals surface area contributed by atoms with Crippen LogP contribution in [0.4, 0.5) is 5.82 Å². The van der Waals surface area contributed by atoms with Gasteiger partial charge in [-0.25, -0.2) is 4.98 Å². The average molecular weight is 329 g/mol. The fourth-order valence-electron chi connectivity index (χ4n) is 2.74. The van der Waals surface area contributed by atoms with E-state index in [0.717, 1.165) is 18.5 Å². The van der Waals surface area contributed by atoms with E-state index in [9.17, 15) is 9.59 Å². The van der Waals surface area contributed by atoms with Crippen molar-refractivity contribution in [3.63, 3.8) is 0 Å². The van der Waals surface area contributed by atoms with Gasteiger partial charge in [0, 0.05) is 19.2 Å². The Morgan fingerprint density at radius 2 is 2.25 bits per heavy atom. The summed E-state index contributed by atoms with van der Waals surface area (Å²) in [5.41, 5.74) is 1.04. The van der Waals surface area contributed by atoms with Gasteiger partial charge in [-0.05, 0) is 26.2 Å². The second-order valence-corrected chi connectivity index (χ2v) is 5.62. The van der Waals surface area contributed by atoms with Gasteiger partial charge in [0.2, 0.25) is 0 Å². The molecule has 3 rings (SSSR count). The van der Waals surface area contributed by atoms with Crippen LogP contribution in [0, 0.1) is 6.92 Å². The van der Waals surface area contributed by atoms with Crippen LogP contribution in [0.25, 0.3) is 0 Å². The topological polar surface area (TPSA) is 102 Å². The summed E-state index contributed by atoms with van der Waals surface area (Å²) in [5.74, 6) is 0.480. The van der Waals surface area contributed by atoms with Crippen molar-refractivity contribution < 1.29 is 14.1 Å². The molecule has 3 heterocycles. The van der Waals surface area contributed by atoms with E-state index in [-0.39, 0.29) is 17.4 Å². The number of hydrogen-bond donors (Lipinski definition) is 2. The van der Waals surface area contributed by atoms with Crippen LogP contribution in [0.2, 0.25) is 0 Å². The number of imidazole rings is 1. The van der Waals surface area contributed by atoms with Crippen LogP contribution in [-0.4, -0.2) is 33.1 Å². The number of aryl methyl sites for hydroxylation is 1. The highest BCUT2D eigenvalue weighted by Gasteiger charge is 2.27. The Labute approximate surface area is 138 Å². The molecule has 0 bridgehead atoms. The Morgan fingerprint density at radius 3 is 2.96 bits per heavy atom. The minimum absolute atomic E-state index is 0.257. The standard InChI is InChI=1S/C16H19N5O3/c1-3-7-17-16(23)14-19-13(11-6-4-5-8-21(11)14)15(22)18-12-9-10(2)24-20-12/h3,9H,1,4-8H2,2H3,(H,17,23)(H,18,20,22). The van der Waals surface area contributed by atoms with E-state index in [2.05, 4.69) is 27.4 Å². The summed E-state index contributed by atoms with van der Waals surface area (Å²) in [7, 11) is 0. The Bertz CT molecular complexity index is 790. The van der Waals surface area contributed by atoms with Gasteiger partial charge >= 0.3 is 0 Å². The molecule has 0 atom stereocenters. The second kappa shape index (κ2) is 6.69. The number of fused-ring (bicyclic) bond motifs is 1. The van der Waals surface area contributed by atoms with Gasteiger partial charge in [0.05, 0.1) is 5.69 Å². The second-order valence-electron chi connectivity index (χ2n) is 5.62. The van der Waals surface area contributed by atoms with E-state index in [0.29, 0.717) is 31.1 Å². The van der Waals surface area contributed by atoms with E-state index in [1.165, 1.54) is 0 Å². The highest BCUT2D eigenvalue weighted by Crippen LogP contribution is 2.22. The molecule has 0 saturated carbocycles. The number of nitrogens with zero attached hydrogens (tertiary/aromatic N) is 3. The van der Waals surface area contributed by atoms with E-state index in [1.807, 2.05) is 4.57 Å². The lowest BCUT2D eigenvalue weighted by Gasteiger charge is -2.16. The normalized spacial score (nSPS) is 13.2. The Kier molecular flexibility index (Phi) is 4.45. The molecule has 0 aliphatic carbocycles. The largest absolute Gasteiger partial charge is 0.360 e. The first-order chi connectivity index (χ1) is 11.6. The maximum Gasteiger partial charge on any atom is 0.287 e. The van der Waals surface area contributed by atoms with Crippen molar-refractivity contribution in [3.8, 4) is 0 Å². The first-order valence-electron chi connectivity index (χ1n) is 7.83. The van der Waals surface area contributed by atoms with E-state index < -0.39 is 5.91 Å². The van der Waals surface area contributed by atoms with Gasteiger partial charge in [-0.2, -0.15) is 0 Å². The van der Waals surface area contributed by atoms with Crippen LogP contribution >= 0.6 is 0 Å². The molecule has 2 aromatic rings. The molecule has 126 valence electrons. The molecule has 0 saturated heterocycles. The van der Waals surface area contributed by atoms with Gasteiger partial charge in [0.1, 0.15) is 5.76 Å². The Hall–Kier alpha value is -2.90. The maximum atomic E-state index is 12.5. The number of carbonyl (C=O) groups excluding carboxylic acids is 2. The number of rotatable bonds is 5. The van der Waals surface area contributed by atoms with Crippen LogP contribution in [0.5, 0.6) is 0 Å². The Morgan fingerprint density at radius 1 is 1.42 bits per heavy atom. The molecule has 24 heavy (non-hydrogen) atoms. The highest BCUT2D eigenvalue weighted by atomic mass is 16.5. The number of carbonyl (C=O) groups is 2. The van der Waals surface area contributed by atoms with E-state index >= 15 is 0 Å². The van der Waals surface area contributed by atoms with E-state index in [1.54, 1.807) is 19.1 Å². The quantitative estimate of drug-likeness (QED) is 0.813. The predicted octanol–water partition coefficient (Wildman–Crippen LogP) is 1.68. The lowest BCUT2D eigenvalue weighted by Crippen LogP contribution is -2.28. The summed E-state index contributed by atoms with van der Waals surface area (Å²) in [6.45, 7) is 6.34. The fourth-order valence-corrected chi connectivity index (χ4v) is 2.74. The van der Waals surface area contributed by atoms with Crippen molar-refractivity contribution in [2.24, 2.45) is 0 Å². The zero-order valence-corrected chi connectivity index (χ0v) is 13.5. The van der Waals surface area contributed by atoms with Crippen molar-refractivity contribution in [1.82, 2.24) is 20.0 Å². The smallest absolute Gasteiger partial charge is 0.287 e. The molecule has 0 unspecified atom stereocenters. The summed E-state index contributed by atoms with van der Waals surface area (Å²) in [4.78, 5) is 29.1. The third kappa shape index (κ3) is 3.08. The first kappa shape index (κ1) is 16.0. The van der Waals surface area contributed by atoms with E-state index in [4.69, 9.17) is 4.52 Å². The molecular formula is C16H19N5O3. The Balaban J connectivity index is 1.89. The number of nitrogens with one attached hydrogen (secondary N) is 2. The maximum absolute atomic E-state index is 12.5. The third-order valence-corrected chi connectivity index (χ3v) is 3.81. The van der Waals surface area contributed by atoms with Crippen LogP contribution in [0.3, 0.4) is 0 Å². The molecule has 2 aromatic heterocycles. The number of aromatic nitrogens is 3. The van der Waals surface area contributed by atoms with Gasteiger partial charge in [0.15, 0.2) is 17.3 Å². The highest BCUT2D eigenvalue weighted by molar-refractivity contribution is 6.04. The summed E-state index contributed by atoms with van der Waals surface area (Å²) in [5, 5.41) is 9.11. The molecule has 8 heteroatoms. The number of hydrogen-bond acceptors (Lipinski definition) is 5. The van der Waals surface area contributed by atoms with Crippen molar-refractivity contribution in [1.29, 1.82) is 0 Å². The number of anilines is 1. The third-order valence-electron chi connectivity index (χ3n) is 3.81. The molecule has 8 nitrogen and oxygen atoms in total. The van der Waals surface area contributed by atoms with Crippen molar-refractivity contribution in [2.75, 3.05) is 11.9 Å². The molecular weight excluding hydrogens is 310 g/mol. The monoisotopic (exact) mass is 329 g/mol. The molecule has 1 aliphatic rings. The van der Waals surface area contributed by atoms with Gasteiger partial charge < -0.3 is 19.7 Å². The molecule has 1 aliphatic heterocycles. The van der Waals surface area contributed by atoms with Crippen LogP contribution in [0.1, 0.15) is 45.4 Å². The summed E-state index contributed by atoms with van der Waals surface area (Å²) < 4.78 is 6.76. The minimum Gasteiger partial charge on any atom is -0.360 e. The lowest BCUT2D eigenvalue weighted by atomic mass is 10.1. The molecule has 2 amide bonds. The van der Waals surface area contributed by atoms with Crippen LogP contribution in [0.15, 0.2) is 23.2 Å². The number of amides is 2. The SMILES string of the molecule is C=CCNC(=O)c1nc(C(=O)Nc2cc(C)on2)c2n1CCCC2. The van der Waals surface area contributed by atoms with Crippen LogP contribution < -0.4 is 10.6 Å². The zero-order valence-electron chi connectivity index (χ0n) is 13.5. The summed E-state index contributed by atoms with van der Waals surface area (Å²) in [6, 6.07) is 1.62. The molecule has 0 spiro atoms. The molecule has 0 fully saturated rings. The van der Waals surface area contributed by atoms with Crippen molar-refractivity contribution in [2.45, 2.75) is 32.7 Å². The van der Waals surface area contributed by atoms with Crippen LogP contribution in [-0.2, 0) is 13.0 Å². The van der Waals surface area contributed by atoms with Gasteiger partial charge in [-0.1, -0.05) is 11.2 Å². The van der Waals surface area contributed by atoms with Gasteiger partial charge in [-0.3, -0.25) is 9.59 Å². The predicted molar refractivity (Wildman–Crippen MR) is 86.9 cm³/mol. The van der Waals surface area contributed by atoms with Crippen molar-refractivity contribution in [3.05, 3.63) is 41.7 Å². The minimum atomic E-state index is -0.392. The fraction of sp³-hybridized carbons (Fsp3) is 0.375. The molecule has 0 aromatic carbocycles. The lowest BCUT2D eigenvalue weighted by molar-refractivity contribution is 0.0942. The first-order valence-corrected chi connectivity index (χ1v) is 7.83. The summed E-state index contributed by atoms with van der Waals surface area (Å²) in [6.07, 6.45) is 4.22. The molecule has 2 N–H and O–H groups in total. The zero-order chi connectivity index (χ0) is 17.1. The summed E-state index contributed by atoms with van der Waals surface area (Å²) >= 11 is 0. The van der Waals surface area contributed by atoms with Crippen molar-refractivity contribution >= 4 is 17.6 Å².